The van der Waals surface area contributed by atoms with E-state index in [1.54, 1.807) is 6.26 Å². The molecular weight excluding hydrogens is 202 g/mol. The maximum atomic E-state index is 5.68. The van der Waals surface area contributed by atoms with Gasteiger partial charge in [0, 0.05) is 18.7 Å². The van der Waals surface area contributed by atoms with Crippen LogP contribution in [-0.2, 0) is 17.9 Å². The summed E-state index contributed by atoms with van der Waals surface area (Å²) in [5.41, 5.74) is 1.18. The van der Waals surface area contributed by atoms with Gasteiger partial charge >= 0.3 is 0 Å². The first-order chi connectivity index (χ1) is 7.88. The molecule has 1 heterocycles. The van der Waals surface area contributed by atoms with Crippen molar-refractivity contribution in [2.24, 2.45) is 5.92 Å². The lowest BCUT2D eigenvalue weighted by molar-refractivity contribution is 0.0771. The van der Waals surface area contributed by atoms with Gasteiger partial charge in [-0.25, -0.2) is 0 Å². The second kappa shape index (κ2) is 6.06. The fourth-order valence-electron chi connectivity index (χ4n) is 2.30. The first kappa shape index (κ1) is 11.7. The smallest absolute Gasteiger partial charge is 0.129 e. The van der Waals surface area contributed by atoms with Gasteiger partial charge in [-0.15, -0.1) is 0 Å². The van der Waals surface area contributed by atoms with Gasteiger partial charge in [0.25, 0.3) is 0 Å². The molecule has 1 fully saturated rings. The molecule has 1 N–H and O–H groups in total. The first-order valence-corrected chi connectivity index (χ1v) is 6.17. The fourth-order valence-corrected chi connectivity index (χ4v) is 2.30. The Morgan fingerprint density at radius 1 is 1.44 bits per heavy atom. The van der Waals surface area contributed by atoms with E-state index in [1.807, 2.05) is 7.05 Å². The third-order valence-electron chi connectivity index (χ3n) is 3.16. The van der Waals surface area contributed by atoms with Crippen LogP contribution in [0.1, 0.15) is 37.0 Å². The minimum Gasteiger partial charge on any atom is -0.467 e. The van der Waals surface area contributed by atoms with Crippen LogP contribution in [0.2, 0.25) is 0 Å². The Bertz CT molecular complexity index is 303. The van der Waals surface area contributed by atoms with E-state index >= 15 is 0 Å². The molecule has 0 spiro atoms. The van der Waals surface area contributed by atoms with Crippen LogP contribution in [0.3, 0.4) is 0 Å². The predicted molar refractivity (Wildman–Crippen MR) is 63.1 cm³/mol. The topological polar surface area (TPSA) is 34.4 Å². The fraction of sp³-hybridized carbons (Fsp3) is 0.692. The summed E-state index contributed by atoms with van der Waals surface area (Å²) in [5.74, 6) is 1.72. The zero-order valence-corrected chi connectivity index (χ0v) is 10.00. The molecule has 1 aliphatic carbocycles. The zero-order valence-electron chi connectivity index (χ0n) is 10.00. The summed E-state index contributed by atoms with van der Waals surface area (Å²) in [6.07, 6.45) is 7.22. The van der Waals surface area contributed by atoms with Crippen LogP contribution >= 0.6 is 0 Å². The summed E-state index contributed by atoms with van der Waals surface area (Å²) in [6, 6.07) is 2.06. The van der Waals surface area contributed by atoms with E-state index < -0.39 is 0 Å². The third kappa shape index (κ3) is 3.35. The molecule has 0 amide bonds. The lowest BCUT2D eigenvalue weighted by Crippen LogP contribution is -2.05. The Kier molecular flexibility index (Phi) is 4.43. The highest BCUT2D eigenvalue weighted by Gasteiger charge is 2.15. The van der Waals surface area contributed by atoms with Crippen molar-refractivity contribution in [3.05, 3.63) is 23.7 Å². The minimum atomic E-state index is 0.611. The molecule has 1 aromatic heterocycles. The van der Waals surface area contributed by atoms with Crippen molar-refractivity contribution in [3.63, 3.8) is 0 Å². The van der Waals surface area contributed by atoms with Crippen LogP contribution in [-0.4, -0.2) is 13.7 Å². The van der Waals surface area contributed by atoms with Gasteiger partial charge in [-0.1, -0.05) is 12.8 Å². The molecule has 2 rings (SSSR count). The van der Waals surface area contributed by atoms with Gasteiger partial charge in [-0.05, 0) is 31.9 Å². The van der Waals surface area contributed by atoms with Crippen molar-refractivity contribution in [3.8, 4) is 0 Å². The average molecular weight is 223 g/mol. The zero-order chi connectivity index (χ0) is 11.2. The summed E-state index contributed by atoms with van der Waals surface area (Å²) in [5, 5.41) is 3.10. The highest BCUT2D eigenvalue weighted by atomic mass is 16.5. The molecule has 3 nitrogen and oxygen atoms in total. The molecule has 0 atom stereocenters. The summed E-state index contributed by atoms with van der Waals surface area (Å²) in [4.78, 5) is 0. The number of furan rings is 1. The second-order valence-electron chi connectivity index (χ2n) is 4.62. The van der Waals surface area contributed by atoms with Crippen LogP contribution in [0.25, 0.3) is 0 Å². The number of rotatable bonds is 6. The highest BCUT2D eigenvalue weighted by Crippen LogP contribution is 2.25. The summed E-state index contributed by atoms with van der Waals surface area (Å²) >= 11 is 0. The van der Waals surface area contributed by atoms with E-state index in [0.717, 1.165) is 24.8 Å². The van der Waals surface area contributed by atoms with Crippen molar-refractivity contribution in [2.75, 3.05) is 13.7 Å². The van der Waals surface area contributed by atoms with E-state index in [9.17, 15) is 0 Å². The Labute approximate surface area is 97.2 Å². The van der Waals surface area contributed by atoms with E-state index in [1.165, 1.54) is 31.2 Å². The Balaban J connectivity index is 1.67. The average Bonchev–Trinajstić information content (AvgIpc) is 2.90. The van der Waals surface area contributed by atoms with Crippen LogP contribution in [0.4, 0.5) is 0 Å². The first-order valence-electron chi connectivity index (χ1n) is 6.17. The molecule has 0 unspecified atom stereocenters. The molecule has 0 saturated heterocycles. The molecule has 3 heteroatoms. The molecule has 1 saturated carbocycles. The maximum absolute atomic E-state index is 5.68. The van der Waals surface area contributed by atoms with E-state index in [0.29, 0.717) is 6.61 Å². The summed E-state index contributed by atoms with van der Waals surface area (Å²) < 4.78 is 11.1. The van der Waals surface area contributed by atoms with Crippen molar-refractivity contribution in [1.29, 1.82) is 0 Å². The Morgan fingerprint density at radius 3 is 3.00 bits per heavy atom. The van der Waals surface area contributed by atoms with Crippen molar-refractivity contribution in [1.82, 2.24) is 5.32 Å². The second-order valence-corrected chi connectivity index (χ2v) is 4.62. The number of hydrogen-bond donors (Lipinski definition) is 1. The quantitative estimate of drug-likeness (QED) is 0.805. The number of nitrogens with one attached hydrogen (secondary N) is 1. The van der Waals surface area contributed by atoms with Gasteiger partial charge in [0.15, 0.2) is 0 Å². The molecule has 0 radical (unpaired) electrons. The van der Waals surface area contributed by atoms with E-state index in [4.69, 9.17) is 9.15 Å². The van der Waals surface area contributed by atoms with Crippen molar-refractivity contribution < 1.29 is 9.15 Å². The van der Waals surface area contributed by atoms with Gasteiger partial charge in [0.05, 0.1) is 6.26 Å². The molecular formula is C13H21NO2. The van der Waals surface area contributed by atoms with Gasteiger partial charge in [0.1, 0.15) is 12.4 Å². The standard InChI is InChI=1S/C13H21NO2/c1-14-7-12-6-13(16-9-12)10-15-8-11-4-2-3-5-11/h6,9,11,14H,2-5,7-8,10H2,1H3. The Morgan fingerprint density at radius 2 is 2.25 bits per heavy atom. The highest BCUT2D eigenvalue weighted by molar-refractivity contribution is 5.11. The third-order valence-corrected chi connectivity index (χ3v) is 3.16. The van der Waals surface area contributed by atoms with Gasteiger partial charge in [-0.3, -0.25) is 0 Å². The number of hydrogen-bond acceptors (Lipinski definition) is 3. The van der Waals surface area contributed by atoms with Crippen molar-refractivity contribution >= 4 is 0 Å². The SMILES string of the molecule is CNCc1coc(COCC2CCCC2)c1. The largest absolute Gasteiger partial charge is 0.467 e. The molecule has 1 aliphatic rings. The molecule has 90 valence electrons. The minimum absolute atomic E-state index is 0.611. The molecule has 0 aliphatic heterocycles. The molecule has 0 bridgehead atoms. The van der Waals surface area contributed by atoms with Crippen molar-refractivity contribution in [2.45, 2.75) is 38.8 Å². The maximum Gasteiger partial charge on any atom is 0.129 e. The summed E-state index contributed by atoms with van der Waals surface area (Å²) in [7, 11) is 1.93. The normalized spacial score (nSPS) is 17.1. The van der Waals surface area contributed by atoms with Gasteiger partial charge in [-0.2, -0.15) is 0 Å². The van der Waals surface area contributed by atoms with Crippen LogP contribution < -0.4 is 5.32 Å². The number of ether oxygens (including phenoxy) is 1. The monoisotopic (exact) mass is 223 g/mol. The van der Waals surface area contributed by atoms with Crippen LogP contribution in [0.5, 0.6) is 0 Å². The Hall–Kier alpha value is -0.800. The lowest BCUT2D eigenvalue weighted by atomic mass is 10.1. The lowest BCUT2D eigenvalue weighted by Gasteiger charge is -2.08. The van der Waals surface area contributed by atoms with E-state index in [-0.39, 0.29) is 0 Å². The van der Waals surface area contributed by atoms with E-state index in [2.05, 4.69) is 11.4 Å². The molecule has 1 aromatic rings. The summed E-state index contributed by atoms with van der Waals surface area (Å²) in [6.45, 7) is 2.36. The molecule has 0 aromatic carbocycles. The van der Waals surface area contributed by atoms with Crippen LogP contribution in [0.15, 0.2) is 16.7 Å². The van der Waals surface area contributed by atoms with Gasteiger partial charge in [0.2, 0.25) is 0 Å². The van der Waals surface area contributed by atoms with Gasteiger partial charge < -0.3 is 14.5 Å². The predicted octanol–water partition coefficient (Wildman–Crippen LogP) is 2.71. The van der Waals surface area contributed by atoms with Crippen LogP contribution in [0, 0.1) is 5.92 Å². The molecule has 16 heavy (non-hydrogen) atoms.